The summed E-state index contributed by atoms with van der Waals surface area (Å²) in [6, 6.07) is 51.0. The molecule has 0 amide bonds. The van der Waals surface area contributed by atoms with E-state index in [4.69, 9.17) is 0 Å². The maximum atomic E-state index is 3.69. The predicted molar refractivity (Wildman–Crippen MR) is 168 cm³/mol. The second-order valence-corrected chi connectivity index (χ2v) is 9.75. The molecule has 0 aliphatic heterocycles. The highest BCUT2D eigenvalue weighted by Crippen LogP contribution is 2.35. The van der Waals surface area contributed by atoms with E-state index in [1.807, 2.05) is 0 Å². The third-order valence-corrected chi connectivity index (χ3v) is 7.14. The predicted octanol–water partition coefficient (Wildman–Crippen LogP) is 10.4. The van der Waals surface area contributed by atoms with E-state index in [0.717, 1.165) is 34.1 Å². The molecule has 0 fully saturated rings. The molecule has 0 aliphatic rings. The van der Waals surface area contributed by atoms with Crippen LogP contribution in [0.15, 0.2) is 146 Å². The molecule has 7 aromatic carbocycles. The number of hydrogen-bond acceptors (Lipinski definition) is 3. The van der Waals surface area contributed by atoms with Gasteiger partial charge in [0.15, 0.2) is 0 Å². The minimum Gasteiger partial charge on any atom is -0.355 e. The van der Waals surface area contributed by atoms with Crippen LogP contribution in [0.3, 0.4) is 0 Å². The molecule has 0 spiro atoms. The molecule has 0 unspecified atom stereocenters. The Morgan fingerprint density at radius 2 is 0.564 bits per heavy atom. The number of rotatable bonds is 6. The molecule has 3 nitrogen and oxygen atoms in total. The largest absolute Gasteiger partial charge is 0.355 e. The van der Waals surface area contributed by atoms with Crippen molar-refractivity contribution in [2.24, 2.45) is 0 Å². The maximum absolute atomic E-state index is 3.69. The van der Waals surface area contributed by atoms with Crippen molar-refractivity contribution >= 4 is 66.4 Å². The molecule has 0 aliphatic carbocycles. The van der Waals surface area contributed by atoms with Crippen molar-refractivity contribution in [2.45, 2.75) is 0 Å². The van der Waals surface area contributed by atoms with Crippen LogP contribution in [0.2, 0.25) is 0 Å². The molecule has 0 radical (unpaired) electrons. The second-order valence-electron chi connectivity index (χ2n) is 9.75. The molecule has 0 saturated heterocycles. The van der Waals surface area contributed by atoms with Gasteiger partial charge in [-0.2, -0.15) is 0 Å². The van der Waals surface area contributed by atoms with E-state index in [1.54, 1.807) is 0 Å². The highest BCUT2D eigenvalue weighted by atomic mass is 14.9. The molecular formula is C36H27N3. The minimum atomic E-state index is 0.999. The van der Waals surface area contributed by atoms with Gasteiger partial charge in [0.1, 0.15) is 0 Å². The highest BCUT2D eigenvalue weighted by molar-refractivity contribution is 5.99. The molecule has 3 heteroatoms. The molecule has 7 rings (SSSR count). The van der Waals surface area contributed by atoms with Crippen molar-refractivity contribution in [3.63, 3.8) is 0 Å². The van der Waals surface area contributed by atoms with Gasteiger partial charge >= 0.3 is 0 Å². The van der Waals surface area contributed by atoms with E-state index < -0.39 is 0 Å². The smallest absolute Gasteiger partial charge is 0.0463 e. The van der Waals surface area contributed by atoms with Crippen molar-refractivity contribution < 1.29 is 0 Å². The molecule has 0 heterocycles. The zero-order valence-corrected chi connectivity index (χ0v) is 21.4. The lowest BCUT2D eigenvalue weighted by Gasteiger charge is -2.17. The van der Waals surface area contributed by atoms with E-state index in [0.29, 0.717) is 0 Å². The molecular weight excluding hydrogens is 474 g/mol. The zero-order chi connectivity index (χ0) is 26.0. The third kappa shape index (κ3) is 4.62. The van der Waals surface area contributed by atoms with Gasteiger partial charge in [-0.25, -0.2) is 0 Å². The average molecular weight is 502 g/mol. The zero-order valence-electron chi connectivity index (χ0n) is 21.4. The van der Waals surface area contributed by atoms with E-state index in [9.17, 15) is 0 Å². The monoisotopic (exact) mass is 501 g/mol. The first kappa shape index (κ1) is 22.9. The van der Waals surface area contributed by atoms with Gasteiger partial charge in [0.05, 0.1) is 0 Å². The first-order valence-corrected chi connectivity index (χ1v) is 13.2. The van der Waals surface area contributed by atoms with Gasteiger partial charge < -0.3 is 16.0 Å². The van der Waals surface area contributed by atoms with Gasteiger partial charge in [-0.15, -0.1) is 0 Å². The van der Waals surface area contributed by atoms with Crippen LogP contribution in [-0.2, 0) is 0 Å². The van der Waals surface area contributed by atoms with Crippen LogP contribution in [-0.4, -0.2) is 0 Å². The lowest BCUT2D eigenvalue weighted by molar-refractivity contribution is 1.51. The molecule has 0 bridgehead atoms. The Labute approximate surface area is 227 Å². The topological polar surface area (TPSA) is 36.1 Å². The van der Waals surface area contributed by atoms with Gasteiger partial charge in [0, 0.05) is 50.3 Å². The summed E-state index contributed by atoms with van der Waals surface area (Å²) in [5, 5.41) is 18.3. The lowest BCUT2D eigenvalue weighted by Crippen LogP contribution is -1.99. The number of nitrogens with one attached hydrogen (secondary N) is 3. The number of hydrogen-bond donors (Lipinski definition) is 3. The highest BCUT2D eigenvalue weighted by Gasteiger charge is 2.08. The molecule has 0 saturated carbocycles. The van der Waals surface area contributed by atoms with E-state index in [2.05, 4.69) is 162 Å². The number of benzene rings is 7. The fourth-order valence-electron chi connectivity index (χ4n) is 5.31. The van der Waals surface area contributed by atoms with Crippen LogP contribution in [0.1, 0.15) is 0 Å². The van der Waals surface area contributed by atoms with Gasteiger partial charge in [0.25, 0.3) is 0 Å². The summed E-state index contributed by atoms with van der Waals surface area (Å²) in [4.78, 5) is 0. The van der Waals surface area contributed by atoms with Crippen LogP contribution in [0.5, 0.6) is 0 Å². The van der Waals surface area contributed by atoms with Crippen LogP contribution in [0.4, 0.5) is 34.1 Å². The number of fused-ring (bicyclic) bond motifs is 3. The fraction of sp³-hybridized carbons (Fsp3) is 0. The first-order valence-electron chi connectivity index (χ1n) is 13.2. The Morgan fingerprint density at radius 3 is 0.897 bits per heavy atom. The normalized spacial score (nSPS) is 11.1. The van der Waals surface area contributed by atoms with Gasteiger partial charge in [-0.1, -0.05) is 109 Å². The van der Waals surface area contributed by atoms with Crippen molar-refractivity contribution in [3.8, 4) is 0 Å². The van der Waals surface area contributed by atoms with E-state index >= 15 is 0 Å². The summed E-state index contributed by atoms with van der Waals surface area (Å²) in [6.07, 6.45) is 0. The molecule has 7 aromatic rings. The Hall–Kier alpha value is -5.28. The second kappa shape index (κ2) is 9.88. The quantitative estimate of drug-likeness (QED) is 0.212. The summed E-state index contributed by atoms with van der Waals surface area (Å²) >= 11 is 0. The Balaban J connectivity index is 1.32. The van der Waals surface area contributed by atoms with Crippen molar-refractivity contribution in [2.75, 3.05) is 16.0 Å². The summed E-state index contributed by atoms with van der Waals surface area (Å²) in [5.74, 6) is 0. The molecule has 39 heavy (non-hydrogen) atoms. The molecule has 0 atom stereocenters. The molecule has 3 N–H and O–H groups in total. The van der Waals surface area contributed by atoms with Crippen molar-refractivity contribution in [1.82, 2.24) is 0 Å². The SMILES string of the molecule is c1ccc2c(Nc3cc(Nc4cccc5ccccc45)cc(Nc4cccc5ccccc45)c3)cccc2c1. The van der Waals surface area contributed by atoms with Crippen LogP contribution >= 0.6 is 0 Å². The van der Waals surface area contributed by atoms with Gasteiger partial charge in [-0.3, -0.25) is 0 Å². The van der Waals surface area contributed by atoms with Crippen molar-refractivity contribution in [1.29, 1.82) is 0 Å². The lowest BCUT2D eigenvalue weighted by atomic mass is 10.1. The van der Waals surface area contributed by atoms with E-state index in [1.165, 1.54) is 32.3 Å². The summed E-state index contributed by atoms with van der Waals surface area (Å²) in [5.41, 5.74) is 6.22. The summed E-state index contributed by atoms with van der Waals surface area (Å²) < 4.78 is 0. The summed E-state index contributed by atoms with van der Waals surface area (Å²) in [6.45, 7) is 0. The standard InChI is InChI=1S/C36H27N3/c1-4-16-31-25(10-1)13-7-19-34(31)37-28-22-29(38-35-20-8-14-26-11-2-5-17-32(26)35)24-30(23-28)39-36-21-9-15-27-12-3-6-18-33(27)36/h1-24,37-39H. The van der Waals surface area contributed by atoms with Crippen LogP contribution in [0, 0.1) is 0 Å². The molecule has 0 aromatic heterocycles. The van der Waals surface area contributed by atoms with Crippen LogP contribution < -0.4 is 16.0 Å². The fourth-order valence-corrected chi connectivity index (χ4v) is 5.31. The van der Waals surface area contributed by atoms with Gasteiger partial charge in [-0.05, 0) is 52.6 Å². The minimum absolute atomic E-state index is 0.999. The third-order valence-electron chi connectivity index (χ3n) is 7.14. The summed E-state index contributed by atoms with van der Waals surface area (Å²) in [7, 11) is 0. The van der Waals surface area contributed by atoms with Crippen LogP contribution in [0.25, 0.3) is 32.3 Å². The van der Waals surface area contributed by atoms with Crippen molar-refractivity contribution in [3.05, 3.63) is 146 Å². The Kier molecular flexibility index (Phi) is 5.80. The van der Waals surface area contributed by atoms with E-state index in [-0.39, 0.29) is 0 Å². The number of anilines is 6. The Morgan fingerprint density at radius 1 is 0.282 bits per heavy atom. The maximum Gasteiger partial charge on any atom is 0.0463 e. The Bertz CT molecular complexity index is 1700. The van der Waals surface area contributed by atoms with Gasteiger partial charge in [0.2, 0.25) is 0 Å². The molecule has 186 valence electrons. The first-order chi connectivity index (χ1) is 19.3. The average Bonchev–Trinajstić information content (AvgIpc) is 2.98.